The summed E-state index contributed by atoms with van der Waals surface area (Å²) in [5.41, 5.74) is 0.337. The van der Waals surface area contributed by atoms with E-state index in [0.29, 0.717) is 10.7 Å². The summed E-state index contributed by atoms with van der Waals surface area (Å²) in [4.78, 5) is 46.5. The van der Waals surface area contributed by atoms with Crippen LogP contribution in [0.1, 0.15) is 34.6 Å². The van der Waals surface area contributed by atoms with E-state index in [4.69, 9.17) is 27.9 Å². The van der Waals surface area contributed by atoms with Crippen molar-refractivity contribution in [3.63, 3.8) is 0 Å². The highest BCUT2D eigenvalue weighted by atomic mass is 127. The van der Waals surface area contributed by atoms with Gasteiger partial charge in [-0.1, -0.05) is 0 Å². The molecule has 0 spiro atoms. The molecule has 24 heavy (non-hydrogen) atoms. The number of benzene rings is 1. The van der Waals surface area contributed by atoms with Crippen molar-refractivity contribution in [1.29, 1.82) is 0 Å². The first kappa shape index (κ1) is 22.3. The maximum absolute atomic E-state index is 12.2. The summed E-state index contributed by atoms with van der Waals surface area (Å²) in [6, 6.07) is 0. The molecule has 1 atom stereocenters. The van der Waals surface area contributed by atoms with Gasteiger partial charge in [0.2, 0.25) is 0 Å². The van der Waals surface area contributed by atoms with E-state index in [1.807, 2.05) is 45.2 Å². The lowest BCUT2D eigenvalue weighted by Crippen LogP contribution is -2.30. The Hall–Kier alpha value is 0.270. The van der Waals surface area contributed by atoms with Crippen LogP contribution in [0.25, 0.3) is 0 Å². The van der Waals surface area contributed by atoms with Gasteiger partial charge in [0.05, 0.1) is 24.0 Å². The summed E-state index contributed by atoms with van der Waals surface area (Å²) in [7, 11) is 0. The molecule has 0 unspecified atom stereocenters. The van der Waals surface area contributed by atoms with Gasteiger partial charge in [-0.3, -0.25) is 19.2 Å². The van der Waals surface area contributed by atoms with Crippen molar-refractivity contribution in [2.75, 3.05) is 5.32 Å². The summed E-state index contributed by atoms with van der Waals surface area (Å²) < 4.78 is 5.80. The zero-order valence-corrected chi connectivity index (χ0v) is 20.0. The van der Waals surface area contributed by atoms with Crippen molar-refractivity contribution in [2.45, 2.75) is 20.0 Å². The summed E-state index contributed by atoms with van der Waals surface area (Å²) >= 11 is 16.7. The number of esters is 1. The van der Waals surface area contributed by atoms with Crippen molar-refractivity contribution in [1.82, 2.24) is 0 Å². The Morgan fingerprint density at radius 2 is 1.38 bits per heavy atom. The number of halogens is 5. The van der Waals surface area contributed by atoms with Crippen LogP contribution in [0.3, 0.4) is 0 Å². The highest BCUT2D eigenvalue weighted by molar-refractivity contribution is 14.1. The van der Waals surface area contributed by atoms with E-state index < -0.39 is 28.5 Å². The number of amides is 1. The van der Waals surface area contributed by atoms with Crippen LogP contribution in [0.2, 0.25) is 0 Å². The molecule has 0 fully saturated rings. The average Bonchev–Trinajstić information content (AvgIpc) is 2.41. The number of carbonyl (C=O) groups is 4. The highest BCUT2D eigenvalue weighted by Gasteiger charge is 2.28. The van der Waals surface area contributed by atoms with Gasteiger partial charge in [-0.15, -0.1) is 0 Å². The molecule has 1 amide bonds. The van der Waals surface area contributed by atoms with E-state index in [2.05, 4.69) is 5.32 Å². The largest absolute Gasteiger partial charge is 0.453 e. The summed E-state index contributed by atoms with van der Waals surface area (Å²) in [5.74, 6) is -1.24. The monoisotopic (exact) mass is 709 g/mol. The Labute approximate surface area is 188 Å². The van der Waals surface area contributed by atoms with Crippen LogP contribution in [-0.2, 0) is 14.3 Å². The predicted octanol–water partition coefficient (Wildman–Crippen LogP) is 4.15. The third kappa shape index (κ3) is 5.14. The molecule has 1 aromatic carbocycles. The number of nitrogens with one attached hydrogen (secondary N) is 1. The lowest BCUT2D eigenvalue weighted by atomic mass is 10.1. The Morgan fingerprint density at radius 1 is 0.958 bits per heavy atom. The van der Waals surface area contributed by atoms with Crippen LogP contribution >= 0.6 is 91.0 Å². The van der Waals surface area contributed by atoms with Crippen LogP contribution in [0.15, 0.2) is 0 Å². The summed E-state index contributed by atoms with van der Waals surface area (Å²) in [6.07, 6.45) is -1.06. The topological polar surface area (TPSA) is 89.5 Å². The lowest BCUT2D eigenvalue weighted by Gasteiger charge is -2.18. The van der Waals surface area contributed by atoms with E-state index in [1.165, 1.54) is 13.8 Å². The zero-order chi connectivity index (χ0) is 18.8. The fraction of sp³-hybridized carbons (Fsp3) is 0.231. The SMILES string of the molecule is CC(=O)O[C@@H](C)C(=O)Nc1c(I)c(C(=O)Cl)c(I)c(C(=O)Cl)c1I. The fourth-order valence-corrected chi connectivity index (χ4v) is 7.08. The van der Waals surface area contributed by atoms with E-state index in [1.54, 1.807) is 22.6 Å². The molecule has 6 nitrogen and oxygen atoms in total. The van der Waals surface area contributed by atoms with Gasteiger partial charge in [-0.25, -0.2) is 0 Å². The molecule has 0 bridgehead atoms. The zero-order valence-electron chi connectivity index (χ0n) is 12.0. The molecule has 0 radical (unpaired) electrons. The van der Waals surface area contributed by atoms with Crippen molar-refractivity contribution in [3.05, 3.63) is 21.8 Å². The van der Waals surface area contributed by atoms with Gasteiger partial charge in [0.1, 0.15) is 0 Å². The standard InChI is InChI=1S/C13H8Cl2I3NO5/c1-3(24-4(2)20)13(23)19-10-8(17)5(11(14)21)7(16)6(9(10)18)12(15)22/h3H,1-2H3,(H,19,23)/t3-/m0/s1. The van der Waals surface area contributed by atoms with Gasteiger partial charge in [0.15, 0.2) is 6.10 Å². The molecule has 0 heterocycles. The van der Waals surface area contributed by atoms with Crippen molar-refractivity contribution < 1.29 is 23.9 Å². The maximum atomic E-state index is 12.2. The van der Waals surface area contributed by atoms with Gasteiger partial charge in [0, 0.05) is 10.5 Å². The third-order valence-corrected chi connectivity index (χ3v) is 6.28. The Balaban J connectivity index is 3.48. The van der Waals surface area contributed by atoms with Crippen molar-refractivity contribution in [3.8, 4) is 0 Å². The molecule has 1 rings (SSSR count). The van der Waals surface area contributed by atoms with Crippen LogP contribution in [0.4, 0.5) is 5.69 Å². The molecule has 130 valence electrons. The van der Waals surface area contributed by atoms with Crippen molar-refractivity contribution >= 4 is 119 Å². The first-order valence-corrected chi connectivity index (χ1v) is 10.1. The second-order valence-corrected chi connectivity index (χ2v) is 8.28. The molecule has 0 aromatic heterocycles. The van der Waals surface area contributed by atoms with E-state index in [9.17, 15) is 19.2 Å². The quantitative estimate of drug-likeness (QED) is 0.282. The van der Waals surface area contributed by atoms with Crippen LogP contribution < -0.4 is 5.32 Å². The minimum absolute atomic E-state index is 0.0673. The summed E-state index contributed by atoms with van der Waals surface area (Å²) in [6.45, 7) is 2.57. The van der Waals surface area contributed by atoms with Crippen LogP contribution in [0.5, 0.6) is 0 Å². The minimum atomic E-state index is -1.06. The normalized spacial score (nSPS) is 11.6. The Bertz CT molecular complexity index is 713. The summed E-state index contributed by atoms with van der Waals surface area (Å²) in [5, 5.41) is 0.967. The van der Waals surface area contributed by atoms with Crippen LogP contribution in [-0.4, -0.2) is 28.5 Å². The number of carbonyl (C=O) groups excluding carboxylic acids is 4. The van der Waals surface area contributed by atoms with Gasteiger partial charge in [0.25, 0.3) is 16.4 Å². The van der Waals surface area contributed by atoms with Crippen LogP contribution in [0, 0.1) is 10.7 Å². The second-order valence-electron chi connectivity index (χ2n) is 4.36. The molecule has 0 saturated heterocycles. The molecule has 0 aliphatic rings. The number of ether oxygens (including phenoxy) is 1. The van der Waals surface area contributed by atoms with E-state index in [0.717, 1.165) is 0 Å². The molecule has 0 aliphatic carbocycles. The van der Waals surface area contributed by atoms with Crippen molar-refractivity contribution in [2.24, 2.45) is 0 Å². The molecule has 0 aliphatic heterocycles. The van der Waals surface area contributed by atoms with Gasteiger partial charge < -0.3 is 10.1 Å². The predicted molar refractivity (Wildman–Crippen MR) is 115 cm³/mol. The van der Waals surface area contributed by atoms with E-state index >= 15 is 0 Å². The highest BCUT2D eigenvalue weighted by Crippen LogP contribution is 2.37. The van der Waals surface area contributed by atoms with Gasteiger partial charge in [-0.2, -0.15) is 0 Å². The minimum Gasteiger partial charge on any atom is -0.453 e. The van der Waals surface area contributed by atoms with E-state index in [-0.39, 0.29) is 16.8 Å². The molecule has 0 saturated carbocycles. The third-order valence-electron chi connectivity index (χ3n) is 2.67. The molecule has 1 aromatic rings. The molecular formula is C13H8Cl2I3NO5. The first-order chi connectivity index (χ1) is 11.0. The Kier molecular flexibility index (Phi) is 8.62. The van der Waals surface area contributed by atoms with Gasteiger partial charge in [-0.05, 0) is 97.9 Å². The smallest absolute Gasteiger partial charge is 0.303 e. The number of hydrogen-bond acceptors (Lipinski definition) is 5. The second kappa shape index (κ2) is 9.28. The molecule has 11 heteroatoms. The first-order valence-electron chi connectivity index (χ1n) is 6.07. The lowest BCUT2D eigenvalue weighted by molar-refractivity contribution is -0.150. The average molecular weight is 710 g/mol. The number of anilines is 1. The molecule has 1 N–H and O–H groups in total. The number of hydrogen-bond donors (Lipinski definition) is 1. The number of rotatable bonds is 5. The fourth-order valence-electron chi connectivity index (χ4n) is 1.65. The Morgan fingerprint density at radius 3 is 1.71 bits per heavy atom. The van der Waals surface area contributed by atoms with Gasteiger partial charge >= 0.3 is 5.97 Å². The maximum Gasteiger partial charge on any atom is 0.303 e. The molecular weight excluding hydrogens is 702 g/mol.